The molecule has 1 heterocycles. The normalized spacial score (nSPS) is 15.3. The fraction of sp³-hybridized carbons (Fsp3) is 0.238. The van der Waals surface area contributed by atoms with Crippen molar-refractivity contribution >= 4 is 44.6 Å². The van der Waals surface area contributed by atoms with E-state index in [-0.39, 0.29) is 23.6 Å². The zero-order chi connectivity index (χ0) is 24.0. The van der Waals surface area contributed by atoms with Gasteiger partial charge in [0, 0.05) is 5.75 Å². The summed E-state index contributed by atoms with van der Waals surface area (Å²) in [6.07, 6.45) is 1.88. The van der Waals surface area contributed by atoms with E-state index in [0.29, 0.717) is 22.4 Å². The number of halogens is 2. The number of ether oxygens (including phenoxy) is 2. The molecule has 0 fully saturated rings. The molecule has 0 saturated heterocycles. The van der Waals surface area contributed by atoms with E-state index in [9.17, 15) is 22.0 Å². The molecule has 0 bridgehead atoms. The van der Waals surface area contributed by atoms with Crippen LogP contribution in [-0.4, -0.2) is 44.7 Å². The van der Waals surface area contributed by atoms with Crippen LogP contribution in [0, 0.1) is 0 Å². The van der Waals surface area contributed by atoms with Gasteiger partial charge >= 0.3 is 6.61 Å². The summed E-state index contributed by atoms with van der Waals surface area (Å²) in [5.74, 6) is 0.352. The van der Waals surface area contributed by atoms with Gasteiger partial charge < -0.3 is 9.47 Å². The van der Waals surface area contributed by atoms with Gasteiger partial charge in [-0.25, -0.2) is 18.5 Å². The van der Waals surface area contributed by atoms with E-state index in [1.807, 2.05) is 0 Å². The molecule has 1 amide bonds. The quantitative estimate of drug-likeness (QED) is 0.420. The van der Waals surface area contributed by atoms with Gasteiger partial charge in [0.15, 0.2) is 5.17 Å². The minimum atomic E-state index is -3.60. The molecule has 0 aromatic heterocycles. The SMILES string of the molecule is COc1ccc(/C=C2\N=C(SCCCS(N)(=O)=O)N(c3ccc(OC(F)F)cc3)C2=O)cc1. The number of alkyl halides is 2. The Hall–Kier alpha value is -2.96. The molecule has 1 aliphatic heterocycles. The molecule has 2 N–H and O–H groups in total. The van der Waals surface area contributed by atoms with Gasteiger partial charge in [-0.15, -0.1) is 0 Å². The molecule has 3 rings (SSSR count). The lowest BCUT2D eigenvalue weighted by Gasteiger charge is -2.18. The van der Waals surface area contributed by atoms with Gasteiger partial charge in [-0.05, 0) is 54.5 Å². The third-order valence-electron chi connectivity index (χ3n) is 4.37. The summed E-state index contributed by atoms with van der Waals surface area (Å²) >= 11 is 1.19. The molecular formula is C21H21F2N3O5S2. The highest BCUT2D eigenvalue weighted by molar-refractivity contribution is 8.14. The second-order valence-electron chi connectivity index (χ2n) is 6.78. The molecule has 0 aliphatic carbocycles. The average molecular weight is 498 g/mol. The molecule has 0 atom stereocenters. The van der Waals surface area contributed by atoms with Crippen molar-refractivity contribution in [1.82, 2.24) is 0 Å². The average Bonchev–Trinajstić information content (AvgIpc) is 3.06. The number of methoxy groups -OCH3 is 1. The maximum Gasteiger partial charge on any atom is 0.387 e. The van der Waals surface area contributed by atoms with Crippen molar-refractivity contribution in [3.8, 4) is 11.5 Å². The number of thioether (sulfide) groups is 1. The highest BCUT2D eigenvalue weighted by Crippen LogP contribution is 2.31. The molecule has 33 heavy (non-hydrogen) atoms. The van der Waals surface area contributed by atoms with Crippen LogP contribution in [0.2, 0.25) is 0 Å². The number of amidine groups is 1. The number of hydrogen-bond donors (Lipinski definition) is 1. The Bertz CT molecular complexity index is 1150. The van der Waals surface area contributed by atoms with Crippen LogP contribution in [0.5, 0.6) is 11.5 Å². The van der Waals surface area contributed by atoms with Crippen molar-refractivity contribution in [2.24, 2.45) is 10.1 Å². The monoisotopic (exact) mass is 497 g/mol. The van der Waals surface area contributed by atoms with E-state index in [2.05, 4.69) is 9.73 Å². The van der Waals surface area contributed by atoms with E-state index in [0.717, 1.165) is 5.56 Å². The van der Waals surface area contributed by atoms with Crippen LogP contribution in [0.3, 0.4) is 0 Å². The summed E-state index contributed by atoms with van der Waals surface area (Å²) < 4.78 is 56.7. The standard InChI is InChI=1S/C21H21F2N3O5S2/c1-30-16-7-3-14(4-8-16)13-18-19(27)26(15-5-9-17(10-6-15)31-20(22)23)21(25-18)32-11-2-12-33(24,28)29/h3-10,13,20H,2,11-12H2,1H3,(H2,24,28,29)/b18-13-. The number of carbonyl (C=O) groups is 1. The molecule has 8 nitrogen and oxygen atoms in total. The van der Waals surface area contributed by atoms with Gasteiger partial charge in [0.2, 0.25) is 10.0 Å². The maximum absolute atomic E-state index is 13.1. The second kappa shape index (κ2) is 10.8. The number of aliphatic imine (C=N–C) groups is 1. The minimum Gasteiger partial charge on any atom is -0.497 e. The number of rotatable bonds is 9. The number of anilines is 1. The highest BCUT2D eigenvalue weighted by atomic mass is 32.2. The third-order valence-corrected chi connectivity index (χ3v) is 6.26. The van der Waals surface area contributed by atoms with E-state index in [4.69, 9.17) is 9.88 Å². The first-order valence-electron chi connectivity index (χ1n) is 9.63. The van der Waals surface area contributed by atoms with Crippen molar-refractivity contribution in [3.63, 3.8) is 0 Å². The van der Waals surface area contributed by atoms with Gasteiger partial charge in [0.1, 0.15) is 17.2 Å². The fourth-order valence-corrected chi connectivity index (χ4v) is 4.56. The Morgan fingerprint density at radius 2 is 1.76 bits per heavy atom. The number of hydrogen-bond acceptors (Lipinski definition) is 7. The van der Waals surface area contributed by atoms with E-state index in [1.165, 1.54) is 40.9 Å². The fourth-order valence-electron chi connectivity index (χ4n) is 2.88. The van der Waals surface area contributed by atoms with Crippen molar-refractivity contribution < 1.29 is 31.5 Å². The Kier molecular flexibility index (Phi) is 8.06. The molecular weight excluding hydrogens is 476 g/mol. The topological polar surface area (TPSA) is 111 Å². The summed E-state index contributed by atoms with van der Waals surface area (Å²) in [7, 11) is -2.05. The number of nitrogens with zero attached hydrogens (tertiary/aromatic N) is 2. The first kappa shape index (κ1) is 24.7. The Morgan fingerprint density at radius 3 is 2.33 bits per heavy atom. The number of nitrogens with two attached hydrogens (primary N) is 1. The highest BCUT2D eigenvalue weighted by Gasteiger charge is 2.32. The molecule has 2 aromatic carbocycles. The van der Waals surface area contributed by atoms with Crippen molar-refractivity contribution in [1.29, 1.82) is 0 Å². The zero-order valence-corrected chi connectivity index (χ0v) is 19.1. The molecule has 0 spiro atoms. The lowest BCUT2D eigenvalue weighted by atomic mass is 10.2. The smallest absolute Gasteiger partial charge is 0.387 e. The number of carbonyl (C=O) groups excluding carboxylic acids is 1. The molecule has 12 heteroatoms. The minimum absolute atomic E-state index is 0.0475. The number of primary sulfonamides is 1. The van der Waals surface area contributed by atoms with Crippen LogP contribution in [0.25, 0.3) is 6.08 Å². The van der Waals surface area contributed by atoms with Gasteiger partial charge in [-0.2, -0.15) is 8.78 Å². The Morgan fingerprint density at radius 1 is 1.12 bits per heavy atom. The summed E-state index contributed by atoms with van der Waals surface area (Å²) in [5, 5.41) is 5.36. The predicted octanol–water partition coefficient (Wildman–Crippen LogP) is 3.45. The van der Waals surface area contributed by atoms with E-state index >= 15 is 0 Å². The van der Waals surface area contributed by atoms with Gasteiger partial charge in [0.25, 0.3) is 5.91 Å². The third kappa shape index (κ3) is 7.01. The van der Waals surface area contributed by atoms with Crippen LogP contribution in [0.4, 0.5) is 14.5 Å². The van der Waals surface area contributed by atoms with Crippen LogP contribution in [-0.2, 0) is 14.8 Å². The van der Waals surface area contributed by atoms with Crippen molar-refractivity contribution in [2.45, 2.75) is 13.0 Å². The summed E-state index contributed by atoms with van der Waals surface area (Å²) in [4.78, 5) is 18.9. The van der Waals surface area contributed by atoms with Crippen molar-refractivity contribution in [2.75, 3.05) is 23.5 Å². The zero-order valence-electron chi connectivity index (χ0n) is 17.5. The van der Waals surface area contributed by atoms with Crippen LogP contribution >= 0.6 is 11.8 Å². The largest absolute Gasteiger partial charge is 0.497 e. The maximum atomic E-state index is 13.1. The lowest BCUT2D eigenvalue weighted by molar-refractivity contribution is -0.113. The number of amides is 1. The Balaban J connectivity index is 1.85. The van der Waals surface area contributed by atoms with Crippen LogP contribution in [0.15, 0.2) is 59.2 Å². The molecule has 0 radical (unpaired) electrons. The molecule has 176 valence electrons. The summed E-state index contributed by atoms with van der Waals surface area (Å²) in [5.41, 5.74) is 1.29. The van der Waals surface area contributed by atoms with E-state index in [1.54, 1.807) is 37.5 Å². The summed E-state index contributed by atoms with van der Waals surface area (Å²) in [6.45, 7) is -2.96. The number of sulfonamides is 1. The molecule has 1 aliphatic rings. The van der Waals surface area contributed by atoms with Crippen molar-refractivity contribution in [3.05, 3.63) is 59.8 Å². The van der Waals surface area contributed by atoms with E-state index < -0.39 is 22.5 Å². The first-order chi connectivity index (χ1) is 15.7. The second-order valence-corrected chi connectivity index (χ2v) is 9.58. The lowest BCUT2D eigenvalue weighted by Crippen LogP contribution is -2.30. The van der Waals surface area contributed by atoms with Gasteiger partial charge in [-0.3, -0.25) is 9.69 Å². The summed E-state index contributed by atoms with van der Waals surface area (Å²) in [6, 6.07) is 12.6. The number of benzene rings is 2. The first-order valence-corrected chi connectivity index (χ1v) is 12.3. The molecule has 0 unspecified atom stereocenters. The van der Waals surface area contributed by atoms with Gasteiger partial charge in [0.05, 0.1) is 18.6 Å². The molecule has 0 saturated carbocycles. The Labute approximate surface area is 194 Å². The van der Waals surface area contributed by atoms with Crippen LogP contribution in [0.1, 0.15) is 12.0 Å². The predicted molar refractivity (Wildman–Crippen MR) is 124 cm³/mol. The van der Waals surface area contributed by atoms with Gasteiger partial charge in [-0.1, -0.05) is 23.9 Å². The molecule has 2 aromatic rings. The van der Waals surface area contributed by atoms with Crippen LogP contribution < -0.4 is 19.5 Å².